The van der Waals surface area contributed by atoms with Crippen molar-refractivity contribution in [2.24, 2.45) is 0 Å². The second-order valence-corrected chi connectivity index (χ2v) is 6.57. The van der Waals surface area contributed by atoms with Crippen LogP contribution in [0.25, 0.3) is 11.1 Å². The second-order valence-electron chi connectivity index (χ2n) is 6.57. The van der Waals surface area contributed by atoms with Crippen molar-refractivity contribution in [3.05, 3.63) is 54.7 Å². The molecule has 2 N–H and O–H groups in total. The topological polar surface area (TPSA) is 94.5 Å². The van der Waals surface area contributed by atoms with Gasteiger partial charge in [0.15, 0.2) is 0 Å². The molecule has 1 aromatic heterocycles. The highest BCUT2D eigenvalue weighted by atomic mass is 16.5. The number of benzene rings is 2. The van der Waals surface area contributed by atoms with Crippen molar-refractivity contribution in [3.8, 4) is 22.6 Å². The molecule has 0 radical (unpaired) electrons. The predicted octanol–water partition coefficient (Wildman–Crippen LogP) is 3.09. The van der Waals surface area contributed by atoms with Gasteiger partial charge < -0.3 is 20.1 Å². The van der Waals surface area contributed by atoms with Crippen molar-refractivity contribution in [1.29, 1.82) is 0 Å². The van der Waals surface area contributed by atoms with Gasteiger partial charge in [0.05, 0.1) is 26.8 Å². The first-order valence-electron chi connectivity index (χ1n) is 9.05. The normalized spacial score (nSPS) is 15.2. The lowest BCUT2D eigenvalue weighted by atomic mass is 10.1. The standard InChI is InChI=1S/C21H20N4O4/c1-28-15-7-3-13(4-8-15)17-12-22-25-18(11-19(26)24-20(17)25)21(27)23-14-5-9-16(29-2)10-6-14/h3-10,12,18H,11H2,1-2H3,(H,23,27)(H,24,26)/t18-/m1/s1. The zero-order valence-corrected chi connectivity index (χ0v) is 16.0. The number of hydrogen-bond acceptors (Lipinski definition) is 5. The van der Waals surface area contributed by atoms with Crippen LogP contribution >= 0.6 is 0 Å². The van der Waals surface area contributed by atoms with Crippen molar-refractivity contribution in [1.82, 2.24) is 9.78 Å². The number of anilines is 2. The second kappa shape index (κ2) is 7.67. The van der Waals surface area contributed by atoms with E-state index in [4.69, 9.17) is 9.47 Å². The van der Waals surface area contributed by atoms with E-state index in [0.717, 1.165) is 16.9 Å². The Morgan fingerprint density at radius 3 is 2.31 bits per heavy atom. The van der Waals surface area contributed by atoms with Gasteiger partial charge in [0.1, 0.15) is 23.4 Å². The number of carbonyl (C=O) groups is 2. The molecule has 8 nitrogen and oxygen atoms in total. The Labute approximate surface area is 167 Å². The highest BCUT2D eigenvalue weighted by Gasteiger charge is 2.33. The van der Waals surface area contributed by atoms with Gasteiger partial charge in [-0.2, -0.15) is 5.10 Å². The quantitative estimate of drug-likeness (QED) is 0.696. The molecule has 1 aliphatic rings. The number of methoxy groups -OCH3 is 2. The number of rotatable bonds is 5. The summed E-state index contributed by atoms with van der Waals surface area (Å²) in [4.78, 5) is 25.1. The van der Waals surface area contributed by atoms with Crippen LogP contribution in [-0.2, 0) is 9.59 Å². The van der Waals surface area contributed by atoms with E-state index >= 15 is 0 Å². The van der Waals surface area contributed by atoms with Gasteiger partial charge in [-0.1, -0.05) is 12.1 Å². The lowest BCUT2D eigenvalue weighted by Gasteiger charge is -2.24. The van der Waals surface area contributed by atoms with Crippen LogP contribution in [-0.4, -0.2) is 35.8 Å². The van der Waals surface area contributed by atoms with Gasteiger partial charge in [0.2, 0.25) is 11.8 Å². The molecule has 0 spiro atoms. The highest BCUT2D eigenvalue weighted by molar-refractivity contribution is 6.03. The summed E-state index contributed by atoms with van der Waals surface area (Å²) in [7, 11) is 3.18. The van der Waals surface area contributed by atoms with E-state index in [1.165, 1.54) is 0 Å². The Morgan fingerprint density at radius 1 is 1.07 bits per heavy atom. The van der Waals surface area contributed by atoms with Crippen LogP contribution in [0.4, 0.5) is 11.5 Å². The van der Waals surface area contributed by atoms with Crippen molar-refractivity contribution < 1.29 is 19.1 Å². The third-order valence-corrected chi connectivity index (χ3v) is 4.79. The Morgan fingerprint density at radius 2 is 1.69 bits per heavy atom. The van der Waals surface area contributed by atoms with E-state index < -0.39 is 6.04 Å². The molecule has 2 heterocycles. The molecule has 1 atom stereocenters. The average Bonchev–Trinajstić information content (AvgIpc) is 3.17. The Kier molecular flexibility index (Phi) is 4.90. The summed E-state index contributed by atoms with van der Waals surface area (Å²) in [5.41, 5.74) is 2.22. The van der Waals surface area contributed by atoms with Crippen LogP contribution < -0.4 is 20.1 Å². The smallest absolute Gasteiger partial charge is 0.249 e. The summed E-state index contributed by atoms with van der Waals surface area (Å²) in [6, 6.07) is 13.7. The lowest BCUT2D eigenvalue weighted by Crippen LogP contribution is -2.35. The number of nitrogens with one attached hydrogen (secondary N) is 2. The van der Waals surface area contributed by atoms with Crippen LogP contribution in [0.15, 0.2) is 54.7 Å². The van der Waals surface area contributed by atoms with Gasteiger partial charge in [-0.25, -0.2) is 4.68 Å². The zero-order chi connectivity index (χ0) is 20.4. The molecular weight excluding hydrogens is 372 g/mol. The van der Waals surface area contributed by atoms with Crippen molar-refractivity contribution in [3.63, 3.8) is 0 Å². The fourth-order valence-electron chi connectivity index (χ4n) is 3.25. The number of carbonyl (C=O) groups excluding carboxylic acids is 2. The van der Waals surface area contributed by atoms with E-state index in [2.05, 4.69) is 15.7 Å². The summed E-state index contributed by atoms with van der Waals surface area (Å²) >= 11 is 0. The van der Waals surface area contributed by atoms with Gasteiger partial charge in [-0.15, -0.1) is 0 Å². The fourth-order valence-corrected chi connectivity index (χ4v) is 3.25. The highest BCUT2D eigenvalue weighted by Crippen LogP contribution is 2.35. The molecule has 3 aromatic rings. The number of fused-ring (bicyclic) bond motifs is 1. The van der Waals surface area contributed by atoms with Crippen LogP contribution in [0.2, 0.25) is 0 Å². The van der Waals surface area contributed by atoms with Gasteiger partial charge in [-0.05, 0) is 42.0 Å². The molecule has 148 valence electrons. The molecule has 0 aliphatic carbocycles. The summed E-state index contributed by atoms with van der Waals surface area (Å²) < 4.78 is 11.9. The van der Waals surface area contributed by atoms with E-state index in [1.807, 2.05) is 24.3 Å². The monoisotopic (exact) mass is 392 g/mol. The van der Waals surface area contributed by atoms with Crippen LogP contribution in [0.3, 0.4) is 0 Å². The maximum Gasteiger partial charge on any atom is 0.249 e. The fraction of sp³-hybridized carbons (Fsp3) is 0.190. The molecule has 2 amide bonds. The van der Waals surface area contributed by atoms with E-state index in [-0.39, 0.29) is 18.2 Å². The molecule has 29 heavy (non-hydrogen) atoms. The molecule has 2 aromatic carbocycles. The SMILES string of the molecule is COc1ccc(NC(=O)[C@H]2CC(=O)Nc3c(-c4ccc(OC)cc4)cnn32)cc1. The third kappa shape index (κ3) is 3.64. The minimum Gasteiger partial charge on any atom is -0.497 e. The Balaban J connectivity index is 1.61. The number of aromatic nitrogens is 2. The van der Waals surface area contributed by atoms with Crippen LogP contribution in [0.1, 0.15) is 12.5 Å². The number of hydrogen-bond donors (Lipinski definition) is 2. The van der Waals surface area contributed by atoms with Gasteiger partial charge in [0, 0.05) is 11.3 Å². The maximum absolute atomic E-state index is 12.9. The van der Waals surface area contributed by atoms with E-state index in [9.17, 15) is 9.59 Å². The molecule has 0 unspecified atom stereocenters. The molecule has 0 fully saturated rings. The molecular formula is C21H20N4O4. The van der Waals surface area contributed by atoms with Gasteiger partial charge in [-0.3, -0.25) is 9.59 Å². The van der Waals surface area contributed by atoms with E-state index in [1.54, 1.807) is 49.4 Å². The third-order valence-electron chi connectivity index (χ3n) is 4.79. The Hall–Kier alpha value is -3.81. The maximum atomic E-state index is 12.9. The molecule has 0 saturated heterocycles. The summed E-state index contributed by atoms with van der Waals surface area (Å²) in [6.45, 7) is 0. The molecule has 4 rings (SSSR count). The van der Waals surface area contributed by atoms with E-state index in [0.29, 0.717) is 17.3 Å². The van der Waals surface area contributed by atoms with Crippen LogP contribution in [0.5, 0.6) is 11.5 Å². The summed E-state index contributed by atoms with van der Waals surface area (Å²) in [5, 5.41) is 10.0. The van der Waals surface area contributed by atoms with Crippen molar-refractivity contribution >= 4 is 23.3 Å². The lowest BCUT2D eigenvalue weighted by molar-refractivity contribution is -0.125. The summed E-state index contributed by atoms with van der Waals surface area (Å²) in [6.07, 6.45) is 1.66. The number of nitrogens with zero attached hydrogens (tertiary/aromatic N) is 2. The number of amides is 2. The molecule has 0 bridgehead atoms. The van der Waals surface area contributed by atoms with Gasteiger partial charge in [0.25, 0.3) is 0 Å². The summed E-state index contributed by atoms with van der Waals surface area (Å²) in [5.74, 6) is 1.38. The van der Waals surface area contributed by atoms with Crippen LogP contribution in [0, 0.1) is 0 Å². The predicted molar refractivity (Wildman–Crippen MR) is 108 cm³/mol. The van der Waals surface area contributed by atoms with Crippen molar-refractivity contribution in [2.45, 2.75) is 12.5 Å². The first kappa shape index (κ1) is 18.5. The number of ether oxygens (including phenoxy) is 2. The first-order chi connectivity index (χ1) is 14.1. The minimum absolute atomic E-state index is 0.0126. The average molecular weight is 392 g/mol. The van der Waals surface area contributed by atoms with Crippen molar-refractivity contribution in [2.75, 3.05) is 24.9 Å². The minimum atomic E-state index is -0.743. The molecule has 8 heteroatoms. The zero-order valence-electron chi connectivity index (χ0n) is 16.0. The molecule has 1 aliphatic heterocycles. The molecule has 0 saturated carbocycles. The first-order valence-corrected chi connectivity index (χ1v) is 9.05. The largest absolute Gasteiger partial charge is 0.497 e. The Bertz CT molecular complexity index is 1040. The van der Waals surface area contributed by atoms with Gasteiger partial charge >= 0.3 is 0 Å².